The van der Waals surface area contributed by atoms with Crippen molar-refractivity contribution in [1.82, 2.24) is 5.32 Å². The first-order valence-corrected chi connectivity index (χ1v) is 7.33. The second-order valence-corrected chi connectivity index (χ2v) is 5.50. The van der Waals surface area contributed by atoms with Gasteiger partial charge in [0.15, 0.2) is 5.75 Å². The maximum Gasteiger partial charge on any atom is 0.156 e. The van der Waals surface area contributed by atoms with Crippen LogP contribution in [0.25, 0.3) is 0 Å². The first-order valence-electron chi connectivity index (χ1n) is 6.57. The minimum atomic E-state index is 0.570. The van der Waals surface area contributed by atoms with Gasteiger partial charge in [-0.25, -0.2) is 0 Å². The van der Waals surface area contributed by atoms with Gasteiger partial charge in [0.05, 0.1) is 10.0 Å². The minimum absolute atomic E-state index is 0.570. The van der Waals surface area contributed by atoms with Gasteiger partial charge in [-0.2, -0.15) is 0 Å². The van der Waals surface area contributed by atoms with Gasteiger partial charge in [-0.1, -0.05) is 48.5 Å². The van der Waals surface area contributed by atoms with Gasteiger partial charge in [0.1, 0.15) is 6.61 Å². The Bertz CT molecular complexity index is 358. The zero-order chi connectivity index (χ0) is 12.8. The van der Waals surface area contributed by atoms with Crippen molar-refractivity contribution in [2.24, 2.45) is 0 Å². The summed E-state index contributed by atoms with van der Waals surface area (Å²) in [5.74, 6) is 0.589. The van der Waals surface area contributed by atoms with Crippen molar-refractivity contribution in [1.29, 1.82) is 0 Å². The molecule has 0 heterocycles. The molecule has 1 aromatic carbocycles. The third-order valence-corrected chi connectivity index (χ3v) is 3.90. The van der Waals surface area contributed by atoms with Crippen LogP contribution in [-0.2, 0) is 0 Å². The molecular weight excluding hydrogens is 269 g/mol. The highest BCUT2D eigenvalue weighted by Crippen LogP contribution is 2.32. The average Bonchev–Trinajstić information content (AvgIpc) is 2.38. The standard InChI is InChI=1S/C14H19Cl2NO/c15-12-7-4-8-13(16)14(12)18-10-9-17-11-5-2-1-3-6-11/h4,7-8,11,17H,1-3,5-6,9-10H2. The van der Waals surface area contributed by atoms with Gasteiger partial charge >= 0.3 is 0 Å². The van der Waals surface area contributed by atoms with E-state index < -0.39 is 0 Å². The van der Waals surface area contributed by atoms with Crippen molar-refractivity contribution >= 4 is 23.2 Å². The molecule has 0 aromatic heterocycles. The lowest BCUT2D eigenvalue weighted by atomic mass is 9.96. The Morgan fingerprint density at radius 2 is 1.78 bits per heavy atom. The molecule has 1 aliphatic rings. The number of para-hydroxylation sites is 1. The quantitative estimate of drug-likeness (QED) is 0.816. The number of benzene rings is 1. The van der Waals surface area contributed by atoms with Crippen LogP contribution in [0.3, 0.4) is 0 Å². The summed E-state index contributed by atoms with van der Waals surface area (Å²) in [4.78, 5) is 0. The smallest absolute Gasteiger partial charge is 0.156 e. The Morgan fingerprint density at radius 3 is 2.44 bits per heavy atom. The molecule has 0 atom stereocenters. The molecule has 0 bridgehead atoms. The molecule has 18 heavy (non-hydrogen) atoms. The Kier molecular flexibility index (Phi) is 5.61. The summed E-state index contributed by atoms with van der Waals surface area (Å²) >= 11 is 12.1. The highest BCUT2D eigenvalue weighted by molar-refractivity contribution is 6.37. The first kappa shape index (κ1) is 14.0. The Labute approximate surface area is 119 Å². The van der Waals surface area contributed by atoms with Gasteiger partial charge < -0.3 is 10.1 Å². The zero-order valence-corrected chi connectivity index (χ0v) is 11.9. The van der Waals surface area contributed by atoms with Crippen LogP contribution < -0.4 is 10.1 Å². The molecular formula is C14H19Cl2NO. The average molecular weight is 288 g/mol. The van der Waals surface area contributed by atoms with Crippen molar-refractivity contribution in [3.8, 4) is 5.75 Å². The van der Waals surface area contributed by atoms with Crippen LogP contribution in [-0.4, -0.2) is 19.2 Å². The number of hydrogen-bond acceptors (Lipinski definition) is 2. The second kappa shape index (κ2) is 7.22. The summed E-state index contributed by atoms with van der Waals surface area (Å²) in [5, 5.41) is 4.66. The molecule has 2 nitrogen and oxygen atoms in total. The Balaban J connectivity index is 1.71. The highest BCUT2D eigenvalue weighted by atomic mass is 35.5. The predicted octanol–water partition coefficient (Wildman–Crippen LogP) is 4.29. The van der Waals surface area contributed by atoms with Crippen LogP contribution in [0.1, 0.15) is 32.1 Å². The van der Waals surface area contributed by atoms with Crippen molar-refractivity contribution < 1.29 is 4.74 Å². The van der Waals surface area contributed by atoms with E-state index in [4.69, 9.17) is 27.9 Å². The van der Waals surface area contributed by atoms with Gasteiger partial charge in [-0.05, 0) is 25.0 Å². The molecule has 100 valence electrons. The van der Waals surface area contributed by atoms with Crippen LogP contribution in [0.5, 0.6) is 5.75 Å². The van der Waals surface area contributed by atoms with E-state index in [1.165, 1.54) is 32.1 Å². The molecule has 1 aliphatic carbocycles. The van der Waals surface area contributed by atoms with Gasteiger partial charge in [0.25, 0.3) is 0 Å². The molecule has 0 radical (unpaired) electrons. The fourth-order valence-corrected chi connectivity index (χ4v) is 2.85. The van der Waals surface area contributed by atoms with Gasteiger partial charge in [-0.3, -0.25) is 0 Å². The van der Waals surface area contributed by atoms with Crippen LogP contribution in [0.15, 0.2) is 18.2 Å². The van der Waals surface area contributed by atoms with Gasteiger partial charge in [0.2, 0.25) is 0 Å². The highest BCUT2D eigenvalue weighted by Gasteiger charge is 2.12. The maximum absolute atomic E-state index is 6.03. The van der Waals surface area contributed by atoms with E-state index in [0.29, 0.717) is 28.4 Å². The monoisotopic (exact) mass is 287 g/mol. The van der Waals surface area contributed by atoms with E-state index in [2.05, 4.69) is 5.32 Å². The van der Waals surface area contributed by atoms with E-state index in [-0.39, 0.29) is 0 Å². The van der Waals surface area contributed by atoms with E-state index in [0.717, 1.165) is 6.54 Å². The van der Waals surface area contributed by atoms with Gasteiger partial charge in [-0.15, -0.1) is 0 Å². The molecule has 1 fully saturated rings. The van der Waals surface area contributed by atoms with Crippen molar-refractivity contribution in [3.63, 3.8) is 0 Å². The molecule has 0 saturated heterocycles. The third-order valence-electron chi connectivity index (χ3n) is 3.31. The molecule has 1 aromatic rings. The largest absolute Gasteiger partial charge is 0.489 e. The topological polar surface area (TPSA) is 21.3 Å². The second-order valence-electron chi connectivity index (χ2n) is 4.69. The fourth-order valence-electron chi connectivity index (χ4n) is 2.34. The molecule has 0 unspecified atom stereocenters. The number of rotatable bonds is 5. The summed E-state index contributed by atoms with van der Waals surface area (Å²) < 4.78 is 5.63. The van der Waals surface area contributed by atoms with Crippen LogP contribution in [0, 0.1) is 0 Å². The van der Waals surface area contributed by atoms with Crippen LogP contribution in [0.4, 0.5) is 0 Å². The van der Waals surface area contributed by atoms with Crippen LogP contribution >= 0.6 is 23.2 Å². The molecule has 0 spiro atoms. The fraction of sp³-hybridized carbons (Fsp3) is 0.571. The molecule has 2 rings (SSSR count). The minimum Gasteiger partial charge on any atom is -0.489 e. The lowest BCUT2D eigenvalue weighted by molar-refractivity contribution is 0.289. The number of halogens is 2. The lowest BCUT2D eigenvalue weighted by Crippen LogP contribution is -2.34. The predicted molar refractivity (Wildman–Crippen MR) is 76.8 cm³/mol. The van der Waals surface area contributed by atoms with Crippen LogP contribution in [0.2, 0.25) is 10.0 Å². The van der Waals surface area contributed by atoms with Gasteiger partial charge in [0, 0.05) is 12.6 Å². The number of nitrogens with one attached hydrogen (secondary N) is 1. The van der Waals surface area contributed by atoms with E-state index in [1.54, 1.807) is 12.1 Å². The summed E-state index contributed by atoms with van der Waals surface area (Å²) in [6.07, 6.45) is 6.63. The normalized spacial score (nSPS) is 16.8. The number of hydrogen-bond donors (Lipinski definition) is 1. The summed E-state index contributed by atoms with van der Waals surface area (Å²) in [6, 6.07) is 6.05. The summed E-state index contributed by atoms with van der Waals surface area (Å²) in [5.41, 5.74) is 0. The number of ether oxygens (including phenoxy) is 1. The maximum atomic E-state index is 6.03. The van der Waals surface area contributed by atoms with Crippen molar-refractivity contribution in [3.05, 3.63) is 28.2 Å². The lowest BCUT2D eigenvalue weighted by Gasteiger charge is -2.22. The molecule has 1 saturated carbocycles. The Hall–Kier alpha value is -0.440. The third kappa shape index (κ3) is 4.04. The van der Waals surface area contributed by atoms with E-state index >= 15 is 0 Å². The zero-order valence-electron chi connectivity index (χ0n) is 10.4. The molecule has 0 amide bonds. The summed E-state index contributed by atoms with van der Waals surface area (Å²) in [7, 11) is 0. The first-order chi connectivity index (χ1) is 8.77. The van der Waals surface area contributed by atoms with E-state index in [1.807, 2.05) is 6.07 Å². The Morgan fingerprint density at radius 1 is 1.11 bits per heavy atom. The van der Waals surface area contributed by atoms with E-state index in [9.17, 15) is 0 Å². The van der Waals surface area contributed by atoms with Crippen molar-refractivity contribution in [2.45, 2.75) is 38.1 Å². The molecule has 4 heteroatoms. The summed E-state index contributed by atoms with van der Waals surface area (Å²) in [6.45, 7) is 1.44. The SMILES string of the molecule is Clc1cccc(Cl)c1OCCNC1CCCCC1. The van der Waals surface area contributed by atoms with Crippen molar-refractivity contribution in [2.75, 3.05) is 13.2 Å². The molecule has 0 aliphatic heterocycles. The molecule has 1 N–H and O–H groups in total.